The summed E-state index contributed by atoms with van der Waals surface area (Å²) in [6.07, 6.45) is -0.544. The number of hydrogen-bond donors (Lipinski definition) is 1. The van der Waals surface area contributed by atoms with Gasteiger partial charge in [0, 0.05) is 22.6 Å². The van der Waals surface area contributed by atoms with Crippen molar-refractivity contribution in [2.24, 2.45) is 0 Å². The van der Waals surface area contributed by atoms with Crippen molar-refractivity contribution < 1.29 is 9.50 Å². The molecular weight excluding hydrogens is 205 g/mol. The van der Waals surface area contributed by atoms with Crippen molar-refractivity contribution in [1.29, 1.82) is 0 Å². The molecule has 0 amide bonds. The zero-order chi connectivity index (χ0) is 11.9. The van der Waals surface area contributed by atoms with Gasteiger partial charge in [0.15, 0.2) is 0 Å². The minimum absolute atomic E-state index is 0.243. The molecule has 0 saturated heterocycles. The second kappa shape index (κ2) is 3.91. The minimum Gasteiger partial charge on any atom is -0.387 e. The maximum atomic E-state index is 13.1. The van der Waals surface area contributed by atoms with Gasteiger partial charge in [-0.25, -0.2) is 4.39 Å². The summed E-state index contributed by atoms with van der Waals surface area (Å²) in [7, 11) is 0. The molecule has 2 nitrogen and oxygen atoms in total. The molecule has 0 aliphatic rings. The van der Waals surface area contributed by atoms with Crippen LogP contribution in [0.2, 0.25) is 0 Å². The van der Waals surface area contributed by atoms with Crippen molar-refractivity contribution >= 4 is 10.9 Å². The van der Waals surface area contributed by atoms with Crippen LogP contribution in [0.25, 0.3) is 10.9 Å². The predicted molar refractivity (Wildman–Crippen MR) is 62.9 cm³/mol. The summed E-state index contributed by atoms with van der Waals surface area (Å²) in [5.74, 6) is -0.245. The Morgan fingerprint density at radius 3 is 2.44 bits per heavy atom. The number of rotatable bonds is 2. The highest BCUT2D eigenvalue weighted by Crippen LogP contribution is 2.28. The molecule has 1 aromatic carbocycles. The third-order valence-corrected chi connectivity index (χ3v) is 2.78. The van der Waals surface area contributed by atoms with E-state index in [2.05, 4.69) is 13.8 Å². The number of halogens is 1. The molecule has 16 heavy (non-hydrogen) atoms. The fraction of sp³-hybridized carbons (Fsp3) is 0.385. The van der Waals surface area contributed by atoms with Crippen LogP contribution in [0, 0.1) is 5.82 Å². The average Bonchev–Trinajstić information content (AvgIpc) is 2.55. The average molecular weight is 221 g/mol. The molecule has 1 atom stereocenters. The fourth-order valence-electron chi connectivity index (χ4n) is 2.13. The Bertz CT molecular complexity index is 514. The summed E-state index contributed by atoms with van der Waals surface area (Å²) in [4.78, 5) is 0. The molecule has 86 valence electrons. The molecule has 0 spiro atoms. The number of aliphatic hydroxyl groups is 1. The lowest BCUT2D eigenvalue weighted by Crippen LogP contribution is -2.07. The van der Waals surface area contributed by atoms with Gasteiger partial charge in [0.05, 0.1) is 6.10 Å². The third-order valence-electron chi connectivity index (χ3n) is 2.78. The highest BCUT2D eigenvalue weighted by molar-refractivity contribution is 5.81. The molecule has 0 radical (unpaired) electrons. The van der Waals surface area contributed by atoms with Gasteiger partial charge in [-0.05, 0) is 45.0 Å². The lowest BCUT2D eigenvalue weighted by atomic mass is 10.2. The normalized spacial score (nSPS) is 13.6. The van der Waals surface area contributed by atoms with Gasteiger partial charge >= 0.3 is 0 Å². The number of fused-ring (bicyclic) bond motifs is 1. The van der Waals surface area contributed by atoms with E-state index in [9.17, 15) is 9.50 Å². The van der Waals surface area contributed by atoms with Gasteiger partial charge in [-0.15, -0.1) is 0 Å². The molecule has 3 heteroatoms. The van der Waals surface area contributed by atoms with Gasteiger partial charge in [-0.2, -0.15) is 0 Å². The monoisotopic (exact) mass is 221 g/mol. The van der Waals surface area contributed by atoms with Gasteiger partial charge in [-0.3, -0.25) is 0 Å². The van der Waals surface area contributed by atoms with Crippen LogP contribution in [0.3, 0.4) is 0 Å². The molecule has 1 unspecified atom stereocenters. The van der Waals surface area contributed by atoms with Gasteiger partial charge in [0.2, 0.25) is 0 Å². The Labute approximate surface area is 94.3 Å². The summed E-state index contributed by atoms with van der Waals surface area (Å²) in [5, 5.41) is 10.5. The van der Waals surface area contributed by atoms with E-state index in [4.69, 9.17) is 0 Å². The Hall–Kier alpha value is -1.35. The second-order valence-corrected chi connectivity index (χ2v) is 4.41. The summed E-state index contributed by atoms with van der Waals surface area (Å²) in [6, 6.07) is 6.81. The fourth-order valence-corrected chi connectivity index (χ4v) is 2.13. The summed E-state index contributed by atoms with van der Waals surface area (Å²) < 4.78 is 15.1. The van der Waals surface area contributed by atoms with Crippen LogP contribution in [-0.2, 0) is 0 Å². The lowest BCUT2D eigenvalue weighted by Gasteiger charge is -2.16. The molecule has 0 aliphatic heterocycles. The minimum atomic E-state index is -0.544. The van der Waals surface area contributed by atoms with Gasteiger partial charge in [0.1, 0.15) is 5.82 Å². The number of nitrogens with zero attached hydrogens (tertiary/aromatic N) is 1. The topological polar surface area (TPSA) is 25.2 Å². The predicted octanol–water partition coefficient (Wildman–Crippen LogP) is 3.41. The zero-order valence-electron chi connectivity index (χ0n) is 9.74. The summed E-state index contributed by atoms with van der Waals surface area (Å²) >= 11 is 0. The van der Waals surface area contributed by atoms with Crippen LogP contribution < -0.4 is 0 Å². The Kier molecular flexibility index (Phi) is 2.72. The zero-order valence-corrected chi connectivity index (χ0v) is 9.74. The molecule has 0 aliphatic carbocycles. The number of hydrogen-bond acceptors (Lipinski definition) is 1. The Morgan fingerprint density at radius 2 is 1.88 bits per heavy atom. The quantitative estimate of drug-likeness (QED) is 0.826. The standard InChI is InChI=1S/C13H16FNO/c1-8(2)15-12-5-4-11(14)6-10(12)7-13(15)9(3)16/h4-9,16H,1-3H3. The first kappa shape index (κ1) is 11.1. The Morgan fingerprint density at radius 1 is 1.19 bits per heavy atom. The van der Waals surface area contributed by atoms with Crippen LogP contribution in [0.1, 0.15) is 38.6 Å². The Balaban J connectivity index is 2.75. The molecule has 2 rings (SSSR count). The lowest BCUT2D eigenvalue weighted by molar-refractivity contribution is 0.188. The first-order chi connectivity index (χ1) is 7.50. The van der Waals surface area contributed by atoms with Crippen molar-refractivity contribution in [1.82, 2.24) is 4.57 Å². The van der Waals surface area contributed by atoms with Crippen molar-refractivity contribution in [3.05, 3.63) is 35.8 Å². The van der Waals surface area contributed by atoms with E-state index in [1.807, 2.05) is 10.6 Å². The first-order valence-electron chi connectivity index (χ1n) is 5.49. The van der Waals surface area contributed by atoms with Crippen molar-refractivity contribution in [3.8, 4) is 0 Å². The molecule has 1 heterocycles. The van der Waals surface area contributed by atoms with E-state index in [-0.39, 0.29) is 11.9 Å². The summed E-state index contributed by atoms with van der Waals surface area (Å²) in [5.41, 5.74) is 1.79. The van der Waals surface area contributed by atoms with Crippen LogP contribution in [0.5, 0.6) is 0 Å². The first-order valence-corrected chi connectivity index (χ1v) is 5.49. The van der Waals surface area contributed by atoms with E-state index in [0.717, 1.165) is 16.6 Å². The van der Waals surface area contributed by atoms with Crippen molar-refractivity contribution in [2.45, 2.75) is 32.9 Å². The van der Waals surface area contributed by atoms with E-state index in [1.165, 1.54) is 12.1 Å². The van der Waals surface area contributed by atoms with Gasteiger partial charge in [-0.1, -0.05) is 0 Å². The maximum absolute atomic E-state index is 13.1. The van der Waals surface area contributed by atoms with Crippen LogP contribution in [0.15, 0.2) is 24.3 Å². The van der Waals surface area contributed by atoms with Crippen LogP contribution in [-0.4, -0.2) is 9.67 Å². The molecule has 2 aromatic rings. The van der Waals surface area contributed by atoms with Gasteiger partial charge < -0.3 is 9.67 Å². The molecule has 1 N–H and O–H groups in total. The highest BCUT2D eigenvalue weighted by atomic mass is 19.1. The van der Waals surface area contributed by atoms with E-state index in [0.29, 0.717) is 0 Å². The van der Waals surface area contributed by atoms with Crippen LogP contribution in [0.4, 0.5) is 4.39 Å². The second-order valence-electron chi connectivity index (χ2n) is 4.41. The summed E-state index contributed by atoms with van der Waals surface area (Å²) in [6.45, 7) is 5.83. The van der Waals surface area contributed by atoms with Crippen molar-refractivity contribution in [2.75, 3.05) is 0 Å². The van der Waals surface area contributed by atoms with Crippen LogP contribution >= 0.6 is 0 Å². The largest absolute Gasteiger partial charge is 0.387 e. The molecule has 0 fully saturated rings. The van der Waals surface area contributed by atoms with Crippen molar-refractivity contribution in [3.63, 3.8) is 0 Å². The number of aliphatic hydroxyl groups excluding tert-OH is 1. The van der Waals surface area contributed by atoms with E-state index >= 15 is 0 Å². The SMILES string of the molecule is CC(O)c1cc2cc(F)ccc2n1C(C)C. The molecule has 1 aromatic heterocycles. The molecular formula is C13H16FNO. The number of aromatic nitrogens is 1. The smallest absolute Gasteiger partial charge is 0.123 e. The number of benzene rings is 1. The van der Waals surface area contributed by atoms with Gasteiger partial charge in [0.25, 0.3) is 0 Å². The third kappa shape index (κ3) is 1.71. The molecule has 0 bridgehead atoms. The maximum Gasteiger partial charge on any atom is 0.123 e. The molecule has 0 saturated carbocycles. The van der Waals surface area contributed by atoms with E-state index < -0.39 is 6.10 Å². The highest BCUT2D eigenvalue weighted by Gasteiger charge is 2.14. The van der Waals surface area contributed by atoms with E-state index in [1.54, 1.807) is 13.0 Å².